The number of nitrogens with zero attached hydrogens (tertiary/aromatic N) is 1. The standard InChI is InChI=1S/C10H17NO2S/c1-3-4-11-5-6-14-8-9(11)7-10(12)13-2/h3,9H,1,4-8H2,2H3/t9-/m1/s1. The zero-order chi connectivity index (χ0) is 10.4. The highest BCUT2D eigenvalue weighted by Crippen LogP contribution is 2.18. The maximum absolute atomic E-state index is 11.1. The lowest BCUT2D eigenvalue weighted by molar-refractivity contribution is -0.141. The first-order chi connectivity index (χ1) is 6.77. The highest BCUT2D eigenvalue weighted by Gasteiger charge is 2.24. The molecule has 1 aliphatic heterocycles. The zero-order valence-corrected chi connectivity index (χ0v) is 9.39. The number of ether oxygens (including phenoxy) is 1. The third-order valence-electron chi connectivity index (χ3n) is 2.34. The molecule has 14 heavy (non-hydrogen) atoms. The van der Waals surface area contributed by atoms with Gasteiger partial charge in [-0.1, -0.05) is 6.08 Å². The van der Waals surface area contributed by atoms with Gasteiger partial charge in [-0.05, 0) is 0 Å². The minimum atomic E-state index is -0.119. The Morgan fingerprint density at radius 2 is 2.57 bits per heavy atom. The summed E-state index contributed by atoms with van der Waals surface area (Å²) in [5.41, 5.74) is 0. The topological polar surface area (TPSA) is 29.5 Å². The molecule has 1 saturated heterocycles. The molecule has 0 amide bonds. The maximum atomic E-state index is 11.1. The van der Waals surface area contributed by atoms with Crippen molar-refractivity contribution in [2.75, 3.05) is 31.7 Å². The fourth-order valence-corrected chi connectivity index (χ4v) is 2.69. The van der Waals surface area contributed by atoms with Gasteiger partial charge in [0.25, 0.3) is 0 Å². The van der Waals surface area contributed by atoms with E-state index in [1.165, 1.54) is 7.11 Å². The second-order valence-corrected chi connectivity index (χ2v) is 4.44. The van der Waals surface area contributed by atoms with Gasteiger partial charge < -0.3 is 4.74 Å². The van der Waals surface area contributed by atoms with Crippen LogP contribution in [-0.4, -0.2) is 48.6 Å². The Hall–Kier alpha value is -0.480. The molecule has 0 aromatic heterocycles. The Kier molecular flexibility index (Phi) is 5.04. The lowest BCUT2D eigenvalue weighted by atomic mass is 10.2. The van der Waals surface area contributed by atoms with Crippen molar-refractivity contribution >= 4 is 17.7 Å². The highest BCUT2D eigenvalue weighted by molar-refractivity contribution is 7.99. The van der Waals surface area contributed by atoms with Crippen LogP contribution in [0, 0.1) is 0 Å². The molecule has 1 atom stereocenters. The van der Waals surface area contributed by atoms with Gasteiger partial charge in [0.05, 0.1) is 13.5 Å². The number of rotatable bonds is 4. The Morgan fingerprint density at radius 3 is 3.21 bits per heavy atom. The Labute approximate surface area is 89.5 Å². The van der Waals surface area contributed by atoms with Gasteiger partial charge in [0.1, 0.15) is 0 Å². The van der Waals surface area contributed by atoms with Gasteiger partial charge in [0.15, 0.2) is 0 Å². The second-order valence-electron chi connectivity index (χ2n) is 3.29. The summed E-state index contributed by atoms with van der Waals surface area (Å²) in [6, 6.07) is 0.319. The average Bonchev–Trinajstić information content (AvgIpc) is 2.21. The number of methoxy groups -OCH3 is 1. The number of carbonyl (C=O) groups excluding carboxylic acids is 1. The van der Waals surface area contributed by atoms with E-state index in [0.717, 1.165) is 24.6 Å². The van der Waals surface area contributed by atoms with Crippen molar-refractivity contribution < 1.29 is 9.53 Å². The molecule has 0 aromatic rings. The van der Waals surface area contributed by atoms with Crippen molar-refractivity contribution in [3.63, 3.8) is 0 Å². The fourth-order valence-electron chi connectivity index (χ4n) is 1.56. The summed E-state index contributed by atoms with van der Waals surface area (Å²) in [6.45, 7) is 5.63. The van der Waals surface area contributed by atoms with Crippen LogP contribution < -0.4 is 0 Å². The Bertz CT molecular complexity index is 208. The number of esters is 1. The predicted octanol–water partition coefficient (Wildman–Crippen LogP) is 1.15. The molecule has 0 N–H and O–H groups in total. The van der Waals surface area contributed by atoms with Crippen LogP contribution in [-0.2, 0) is 9.53 Å². The van der Waals surface area contributed by atoms with Crippen molar-refractivity contribution in [1.82, 2.24) is 4.90 Å². The smallest absolute Gasteiger partial charge is 0.307 e. The first-order valence-corrected chi connectivity index (χ1v) is 5.93. The van der Waals surface area contributed by atoms with Crippen molar-refractivity contribution in [3.8, 4) is 0 Å². The SMILES string of the molecule is C=CCN1CCSC[C@H]1CC(=O)OC. The van der Waals surface area contributed by atoms with E-state index in [0.29, 0.717) is 12.5 Å². The van der Waals surface area contributed by atoms with Crippen LogP contribution in [0.25, 0.3) is 0 Å². The minimum absolute atomic E-state index is 0.119. The first kappa shape index (κ1) is 11.6. The summed E-state index contributed by atoms with van der Waals surface area (Å²) >= 11 is 1.90. The number of carbonyl (C=O) groups is 1. The molecule has 0 saturated carbocycles. The van der Waals surface area contributed by atoms with Crippen LogP contribution in [0.15, 0.2) is 12.7 Å². The third kappa shape index (κ3) is 3.35. The summed E-state index contributed by atoms with van der Waals surface area (Å²) in [4.78, 5) is 13.4. The quantitative estimate of drug-likeness (QED) is 0.520. The van der Waals surface area contributed by atoms with E-state index in [2.05, 4.69) is 16.2 Å². The first-order valence-electron chi connectivity index (χ1n) is 4.77. The van der Waals surface area contributed by atoms with Crippen LogP contribution in [0.4, 0.5) is 0 Å². The summed E-state index contributed by atoms with van der Waals surface area (Å²) in [7, 11) is 1.44. The third-order valence-corrected chi connectivity index (χ3v) is 3.43. The summed E-state index contributed by atoms with van der Waals surface area (Å²) in [5.74, 6) is 2.04. The van der Waals surface area contributed by atoms with Crippen molar-refractivity contribution in [2.45, 2.75) is 12.5 Å². The molecule has 0 spiro atoms. The van der Waals surface area contributed by atoms with Crippen LogP contribution >= 0.6 is 11.8 Å². The number of thioether (sulfide) groups is 1. The number of hydrogen-bond donors (Lipinski definition) is 0. The van der Waals surface area contributed by atoms with E-state index in [-0.39, 0.29) is 5.97 Å². The molecule has 0 unspecified atom stereocenters. The molecule has 0 aliphatic carbocycles. The Morgan fingerprint density at radius 1 is 1.79 bits per heavy atom. The van der Waals surface area contributed by atoms with Crippen molar-refractivity contribution in [2.24, 2.45) is 0 Å². The fraction of sp³-hybridized carbons (Fsp3) is 0.700. The predicted molar refractivity (Wildman–Crippen MR) is 59.5 cm³/mol. The van der Waals surface area contributed by atoms with E-state index in [1.54, 1.807) is 0 Å². The van der Waals surface area contributed by atoms with Gasteiger partial charge in [-0.3, -0.25) is 9.69 Å². The molecule has 0 bridgehead atoms. The van der Waals surface area contributed by atoms with Crippen LogP contribution in [0.3, 0.4) is 0 Å². The van der Waals surface area contributed by atoms with E-state index >= 15 is 0 Å². The summed E-state index contributed by atoms with van der Waals surface area (Å²) in [6.07, 6.45) is 2.39. The van der Waals surface area contributed by atoms with E-state index in [9.17, 15) is 4.79 Å². The highest BCUT2D eigenvalue weighted by atomic mass is 32.2. The Balaban J connectivity index is 2.44. The van der Waals surface area contributed by atoms with Gasteiger partial charge in [0.2, 0.25) is 0 Å². The van der Waals surface area contributed by atoms with Gasteiger partial charge in [-0.2, -0.15) is 11.8 Å². The van der Waals surface area contributed by atoms with Gasteiger partial charge in [-0.15, -0.1) is 6.58 Å². The summed E-state index contributed by atoms with van der Waals surface area (Å²) in [5, 5.41) is 0. The van der Waals surface area contributed by atoms with E-state index in [4.69, 9.17) is 0 Å². The van der Waals surface area contributed by atoms with Gasteiger partial charge >= 0.3 is 5.97 Å². The molecule has 3 nitrogen and oxygen atoms in total. The molecular weight excluding hydrogens is 198 g/mol. The molecule has 80 valence electrons. The molecule has 1 fully saturated rings. The van der Waals surface area contributed by atoms with Crippen molar-refractivity contribution in [3.05, 3.63) is 12.7 Å². The van der Waals surface area contributed by atoms with Crippen LogP contribution in [0.1, 0.15) is 6.42 Å². The largest absolute Gasteiger partial charge is 0.469 e. The monoisotopic (exact) mass is 215 g/mol. The average molecular weight is 215 g/mol. The molecule has 1 rings (SSSR count). The van der Waals surface area contributed by atoms with Crippen LogP contribution in [0.2, 0.25) is 0 Å². The molecule has 0 radical (unpaired) electrons. The summed E-state index contributed by atoms with van der Waals surface area (Å²) < 4.78 is 4.68. The van der Waals surface area contributed by atoms with Gasteiger partial charge in [0, 0.05) is 30.6 Å². The molecule has 1 aliphatic rings. The molecule has 0 aromatic carbocycles. The van der Waals surface area contributed by atoms with Gasteiger partial charge in [-0.25, -0.2) is 0 Å². The maximum Gasteiger partial charge on any atom is 0.307 e. The van der Waals surface area contributed by atoms with Crippen molar-refractivity contribution in [1.29, 1.82) is 0 Å². The minimum Gasteiger partial charge on any atom is -0.469 e. The molecule has 4 heteroatoms. The van der Waals surface area contributed by atoms with Crippen LogP contribution in [0.5, 0.6) is 0 Å². The molecular formula is C10H17NO2S. The lowest BCUT2D eigenvalue weighted by Gasteiger charge is -2.33. The van der Waals surface area contributed by atoms with E-state index < -0.39 is 0 Å². The normalized spacial score (nSPS) is 23.1. The zero-order valence-electron chi connectivity index (χ0n) is 8.57. The lowest BCUT2D eigenvalue weighted by Crippen LogP contribution is -2.43. The number of hydrogen-bond acceptors (Lipinski definition) is 4. The second kappa shape index (κ2) is 6.09. The molecule has 1 heterocycles. The van der Waals surface area contributed by atoms with E-state index in [1.807, 2.05) is 17.8 Å².